The van der Waals surface area contributed by atoms with Crippen molar-refractivity contribution in [1.29, 1.82) is 5.26 Å². The third-order valence-electron chi connectivity index (χ3n) is 2.22. The zero-order chi connectivity index (χ0) is 12.8. The Bertz CT molecular complexity index is 554. The van der Waals surface area contributed by atoms with Crippen LogP contribution in [0.4, 0.5) is 0 Å². The lowest BCUT2D eigenvalue weighted by Gasteiger charge is -2.03. The number of carbonyl (C=O) groups excluding carboxylic acids is 1. The Kier molecular flexibility index (Phi) is 4.04. The number of thiophene rings is 1. The molecule has 92 valence electrons. The molecule has 18 heavy (non-hydrogen) atoms. The molecule has 0 unspecified atom stereocenters. The van der Waals surface area contributed by atoms with Crippen LogP contribution >= 0.6 is 11.3 Å². The van der Waals surface area contributed by atoms with Crippen molar-refractivity contribution < 1.29 is 4.79 Å². The Morgan fingerprint density at radius 2 is 2.50 bits per heavy atom. The minimum atomic E-state index is -0.138. The Balaban J connectivity index is 1.74. The van der Waals surface area contributed by atoms with E-state index in [-0.39, 0.29) is 18.3 Å². The fourth-order valence-electron chi connectivity index (χ4n) is 1.41. The maximum atomic E-state index is 11.6. The highest BCUT2D eigenvalue weighted by Gasteiger charge is 2.05. The number of hydrogen-bond acceptors (Lipinski definition) is 5. The van der Waals surface area contributed by atoms with Gasteiger partial charge in [0.15, 0.2) is 0 Å². The molecule has 0 saturated heterocycles. The zero-order valence-corrected chi connectivity index (χ0v) is 10.4. The largest absolute Gasteiger partial charge is 0.354 e. The van der Waals surface area contributed by atoms with E-state index < -0.39 is 0 Å². The third kappa shape index (κ3) is 3.40. The predicted octanol–water partition coefficient (Wildman–Crippen LogP) is 0.570. The molecule has 0 aliphatic heterocycles. The van der Waals surface area contributed by atoms with Crippen LogP contribution in [0.5, 0.6) is 0 Å². The Morgan fingerprint density at radius 3 is 3.17 bits per heavy atom. The van der Waals surface area contributed by atoms with Crippen LogP contribution in [0.15, 0.2) is 23.8 Å². The van der Waals surface area contributed by atoms with Gasteiger partial charge < -0.3 is 5.32 Å². The number of hydrogen-bond donors (Lipinski definition) is 1. The summed E-state index contributed by atoms with van der Waals surface area (Å²) in [5.74, 6) is -0.0673. The number of carbonyl (C=O) groups is 1. The molecule has 2 aromatic heterocycles. The molecule has 1 N–H and O–H groups in total. The summed E-state index contributed by atoms with van der Waals surface area (Å²) in [6, 6.07) is 5.83. The summed E-state index contributed by atoms with van der Waals surface area (Å²) in [5.41, 5.74) is 0. The highest BCUT2D eigenvalue weighted by molar-refractivity contribution is 7.09. The van der Waals surface area contributed by atoms with Crippen molar-refractivity contribution in [1.82, 2.24) is 20.1 Å². The van der Waals surface area contributed by atoms with Gasteiger partial charge in [-0.1, -0.05) is 6.07 Å². The van der Waals surface area contributed by atoms with E-state index in [9.17, 15) is 4.79 Å². The lowest BCUT2D eigenvalue weighted by molar-refractivity contribution is -0.121. The average Bonchev–Trinajstić information content (AvgIpc) is 3.00. The van der Waals surface area contributed by atoms with E-state index in [0.717, 1.165) is 6.42 Å². The van der Waals surface area contributed by atoms with Gasteiger partial charge in [-0.05, 0) is 17.9 Å². The molecule has 2 rings (SSSR count). The molecule has 0 atom stereocenters. The summed E-state index contributed by atoms with van der Waals surface area (Å²) in [6.45, 7) is 0.679. The summed E-state index contributed by atoms with van der Waals surface area (Å²) in [6.07, 6.45) is 2.20. The highest BCUT2D eigenvalue weighted by atomic mass is 32.1. The zero-order valence-electron chi connectivity index (χ0n) is 9.54. The number of amides is 1. The van der Waals surface area contributed by atoms with Crippen LogP contribution in [0.1, 0.15) is 10.7 Å². The SMILES string of the molecule is N#Cc1ncn(CC(=O)NCCc2cccs2)n1. The van der Waals surface area contributed by atoms with Crippen LogP contribution < -0.4 is 5.32 Å². The molecule has 2 heterocycles. The molecular weight excluding hydrogens is 250 g/mol. The second-order valence-corrected chi connectivity index (χ2v) is 4.59. The number of nitrogens with one attached hydrogen (secondary N) is 1. The molecule has 0 aliphatic carbocycles. The summed E-state index contributed by atoms with van der Waals surface area (Å²) < 4.78 is 1.35. The van der Waals surface area contributed by atoms with E-state index >= 15 is 0 Å². The van der Waals surface area contributed by atoms with Crippen LogP contribution in [-0.2, 0) is 17.8 Å². The number of aromatic nitrogens is 3. The standard InChI is InChI=1S/C11H11N5OS/c12-6-10-14-8-16(15-10)7-11(17)13-4-3-9-2-1-5-18-9/h1-2,5,8H,3-4,7H2,(H,13,17). The van der Waals surface area contributed by atoms with Gasteiger partial charge in [0.2, 0.25) is 5.91 Å². The first-order valence-electron chi connectivity index (χ1n) is 5.36. The van der Waals surface area contributed by atoms with E-state index in [1.165, 1.54) is 15.9 Å². The van der Waals surface area contributed by atoms with Crippen molar-refractivity contribution >= 4 is 17.2 Å². The minimum absolute atomic E-state index is 0.0707. The Labute approximate surface area is 108 Å². The lowest BCUT2D eigenvalue weighted by Crippen LogP contribution is -2.29. The number of rotatable bonds is 5. The van der Waals surface area contributed by atoms with Gasteiger partial charge in [-0.25, -0.2) is 9.67 Å². The molecule has 0 aliphatic rings. The van der Waals surface area contributed by atoms with Crippen molar-refractivity contribution in [3.05, 3.63) is 34.5 Å². The molecule has 6 nitrogen and oxygen atoms in total. The van der Waals surface area contributed by atoms with Crippen molar-refractivity contribution in [2.75, 3.05) is 6.54 Å². The maximum Gasteiger partial charge on any atom is 0.252 e. The van der Waals surface area contributed by atoms with Crippen LogP contribution in [0.3, 0.4) is 0 Å². The second-order valence-electron chi connectivity index (χ2n) is 3.56. The van der Waals surface area contributed by atoms with E-state index in [1.54, 1.807) is 11.3 Å². The molecule has 7 heteroatoms. The van der Waals surface area contributed by atoms with E-state index in [0.29, 0.717) is 6.54 Å². The third-order valence-corrected chi connectivity index (χ3v) is 3.15. The van der Waals surface area contributed by atoms with Crippen LogP contribution in [0.25, 0.3) is 0 Å². The molecule has 0 saturated carbocycles. The van der Waals surface area contributed by atoms with Crippen LogP contribution in [-0.4, -0.2) is 27.2 Å². The van der Waals surface area contributed by atoms with Gasteiger partial charge in [0, 0.05) is 11.4 Å². The van der Waals surface area contributed by atoms with Crippen molar-refractivity contribution in [2.24, 2.45) is 0 Å². The summed E-state index contributed by atoms with van der Waals surface area (Å²) >= 11 is 1.67. The maximum absolute atomic E-state index is 11.6. The molecule has 0 aromatic carbocycles. The highest BCUT2D eigenvalue weighted by Crippen LogP contribution is 2.07. The van der Waals surface area contributed by atoms with Crippen molar-refractivity contribution in [2.45, 2.75) is 13.0 Å². The average molecular weight is 261 g/mol. The fraction of sp³-hybridized carbons (Fsp3) is 0.273. The minimum Gasteiger partial charge on any atom is -0.354 e. The second kappa shape index (κ2) is 5.93. The molecule has 0 radical (unpaired) electrons. The molecular formula is C11H11N5OS. The van der Waals surface area contributed by atoms with Gasteiger partial charge >= 0.3 is 0 Å². The smallest absolute Gasteiger partial charge is 0.252 e. The van der Waals surface area contributed by atoms with Gasteiger partial charge in [0.25, 0.3) is 5.82 Å². The summed E-state index contributed by atoms with van der Waals surface area (Å²) in [7, 11) is 0. The van der Waals surface area contributed by atoms with Crippen molar-refractivity contribution in [3.8, 4) is 6.07 Å². The molecule has 0 spiro atoms. The van der Waals surface area contributed by atoms with E-state index in [2.05, 4.69) is 15.4 Å². The lowest BCUT2D eigenvalue weighted by atomic mass is 10.3. The fourth-order valence-corrected chi connectivity index (χ4v) is 2.11. The Hall–Kier alpha value is -2.20. The molecule has 0 bridgehead atoms. The van der Waals surface area contributed by atoms with Gasteiger partial charge in [-0.15, -0.1) is 16.4 Å². The van der Waals surface area contributed by atoms with Crippen LogP contribution in [0.2, 0.25) is 0 Å². The first-order chi connectivity index (χ1) is 8.78. The molecule has 0 fully saturated rings. The number of nitriles is 1. The van der Waals surface area contributed by atoms with E-state index in [1.807, 2.05) is 23.6 Å². The first kappa shape index (κ1) is 12.3. The normalized spacial score (nSPS) is 9.94. The summed E-state index contributed by atoms with van der Waals surface area (Å²) in [5, 5.41) is 17.2. The monoisotopic (exact) mass is 261 g/mol. The van der Waals surface area contributed by atoms with Crippen LogP contribution in [0, 0.1) is 11.3 Å². The first-order valence-corrected chi connectivity index (χ1v) is 6.24. The van der Waals surface area contributed by atoms with Gasteiger partial charge in [-0.2, -0.15) is 5.26 Å². The molecule has 2 aromatic rings. The molecule has 1 amide bonds. The Morgan fingerprint density at radius 1 is 1.61 bits per heavy atom. The van der Waals surface area contributed by atoms with Gasteiger partial charge in [-0.3, -0.25) is 4.79 Å². The quantitative estimate of drug-likeness (QED) is 0.853. The predicted molar refractivity (Wildman–Crippen MR) is 65.8 cm³/mol. The topological polar surface area (TPSA) is 83.6 Å². The van der Waals surface area contributed by atoms with Gasteiger partial charge in [0.05, 0.1) is 0 Å². The van der Waals surface area contributed by atoms with E-state index in [4.69, 9.17) is 5.26 Å². The number of nitrogens with zero attached hydrogens (tertiary/aromatic N) is 4. The van der Waals surface area contributed by atoms with Gasteiger partial charge in [0.1, 0.15) is 18.9 Å². The van der Waals surface area contributed by atoms with Crippen molar-refractivity contribution in [3.63, 3.8) is 0 Å². The summed E-state index contributed by atoms with van der Waals surface area (Å²) in [4.78, 5) is 16.5.